The number of hydrogen-bond donors (Lipinski definition) is 0. The van der Waals surface area contributed by atoms with E-state index in [1.807, 2.05) is 0 Å². The van der Waals surface area contributed by atoms with Crippen molar-refractivity contribution in [3.8, 4) is 33.4 Å². The van der Waals surface area contributed by atoms with Gasteiger partial charge < -0.3 is 4.90 Å². The maximum Gasteiger partial charge on any atom is 0.0714 e. The molecule has 1 heteroatoms. The molecule has 0 amide bonds. The van der Waals surface area contributed by atoms with Crippen molar-refractivity contribution in [2.24, 2.45) is 0 Å². The third-order valence-electron chi connectivity index (χ3n) is 17.9. The standard InChI is InChI=1S/C68H67N/c1-63(2)36-37-65(5,6)59-40-44(32-35-55(59)63)51-42-52-49-27-18-20-29-54(49)68(45-22-13-11-14-23-45,46-24-15-12-16-25-46)58(52)43-61(51)69(60-31-21-30-56-62(60)66(7,8)39-38-64(56,3)4)47-33-34-50-48-26-17-19-28-53(48)67(9,10)57(50)41-47/h11-35,40-43H,36-39H2,1-10H3. The number of anilines is 3. The summed E-state index contributed by atoms with van der Waals surface area (Å²) in [4.78, 5) is 2.72. The van der Waals surface area contributed by atoms with Gasteiger partial charge in [-0.25, -0.2) is 0 Å². The van der Waals surface area contributed by atoms with Crippen LogP contribution in [-0.4, -0.2) is 0 Å². The lowest BCUT2D eigenvalue weighted by Gasteiger charge is -2.45. The molecule has 8 aromatic rings. The first-order chi connectivity index (χ1) is 32.9. The summed E-state index contributed by atoms with van der Waals surface area (Å²) < 4.78 is 0. The predicted octanol–water partition coefficient (Wildman–Crippen LogP) is 18.2. The maximum atomic E-state index is 2.72. The minimum absolute atomic E-state index is 0.0309. The SMILES string of the molecule is CC1(C)CCC(C)(C)c2cc(-c3cc4c(cc3N(c3ccc5c(c3)C(C)(C)c3ccccc3-5)c3cccc5c3C(C)(C)CCC5(C)C)C(c3ccccc3)(c3ccccc3)c3ccccc3-4)ccc21. The highest BCUT2D eigenvalue weighted by atomic mass is 15.2. The molecule has 4 aliphatic rings. The summed E-state index contributed by atoms with van der Waals surface area (Å²) in [5.74, 6) is 0. The molecule has 0 radical (unpaired) electrons. The lowest BCUT2D eigenvalue weighted by molar-refractivity contribution is 0.332. The van der Waals surface area contributed by atoms with E-state index in [-0.39, 0.29) is 27.1 Å². The Balaban J connectivity index is 1.24. The third-order valence-corrected chi connectivity index (χ3v) is 17.9. The molecule has 0 heterocycles. The van der Waals surface area contributed by atoms with Crippen molar-refractivity contribution >= 4 is 17.1 Å². The second-order valence-electron chi connectivity index (χ2n) is 24.2. The number of hydrogen-bond acceptors (Lipinski definition) is 1. The number of fused-ring (bicyclic) bond motifs is 8. The van der Waals surface area contributed by atoms with Crippen LogP contribution >= 0.6 is 0 Å². The molecule has 344 valence electrons. The first kappa shape index (κ1) is 43.8. The third kappa shape index (κ3) is 6.34. The molecule has 0 spiro atoms. The molecule has 8 aromatic carbocycles. The number of rotatable bonds is 6. The van der Waals surface area contributed by atoms with Crippen LogP contribution in [0.1, 0.15) is 151 Å². The van der Waals surface area contributed by atoms with Gasteiger partial charge in [-0.15, -0.1) is 0 Å². The number of benzene rings is 8. The van der Waals surface area contributed by atoms with E-state index in [4.69, 9.17) is 0 Å². The molecular formula is C68H67N. The van der Waals surface area contributed by atoms with Gasteiger partial charge in [0, 0.05) is 16.7 Å². The van der Waals surface area contributed by atoms with E-state index in [9.17, 15) is 0 Å². The lowest BCUT2D eigenvalue weighted by atomic mass is 9.62. The molecule has 1 nitrogen and oxygen atoms in total. The molecule has 0 aromatic heterocycles. The molecular weight excluding hydrogens is 831 g/mol. The van der Waals surface area contributed by atoms with Crippen molar-refractivity contribution in [2.45, 2.75) is 127 Å². The predicted molar refractivity (Wildman–Crippen MR) is 292 cm³/mol. The molecule has 0 saturated carbocycles. The fourth-order valence-electron chi connectivity index (χ4n) is 13.8. The zero-order valence-corrected chi connectivity index (χ0v) is 42.5. The van der Waals surface area contributed by atoms with Gasteiger partial charge in [-0.05, 0) is 161 Å². The molecule has 0 fully saturated rings. The maximum absolute atomic E-state index is 2.72. The van der Waals surface area contributed by atoms with E-state index >= 15 is 0 Å². The first-order valence-electron chi connectivity index (χ1n) is 25.7. The zero-order valence-electron chi connectivity index (χ0n) is 42.5. The van der Waals surface area contributed by atoms with Crippen molar-refractivity contribution < 1.29 is 0 Å². The van der Waals surface area contributed by atoms with E-state index in [1.165, 1.54) is 112 Å². The quantitative estimate of drug-likeness (QED) is 0.161. The van der Waals surface area contributed by atoms with Gasteiger partial charge in [-0.1, -0.05) is 215 Å². The minimum atomic E-state index is -0.561. The van der Waals surface area contributed by atoms with Crippen LogP contribution in [0.5, 0.6) is 0 Å². The largest absolute Gasteiger partial charge is 0.310 e. The van der Waals surface area contributed by atoms with Crippen molar-refractivity contribution in [1.29, 1.82) is 0 Å². The Morgan fingerprint density at radius 3 is 1.52 bits per heavy atom. The monoisotopic (exact) mass is 898 g/mol. The van der Waals surface area contributed by atoms with Crippen LogP contribution in [0.3, 0.4) is 0 Å². The van der Waals surface area contributed by atoms with Crippen molar-refractivity contribution in [3.63, 3.8) is 0 Å². The molecule has 4 aliphatic carbocycles. The van der Waals surface area contributed by atoms with Gasteiger partial charge in [0.05, 0.1) is 16.8 Å². The minimum Gasteiger partial charge on any atom is -0.310 e. The van der Waals surface area contributed by atoms with Crippen LogP contribution in [0.2, 0.25) is 0 Å². The number of nitrogens with zero attached hydrogens (tertiary/aromatic N) is 1. The second-order valence-corrected chi connectivity index (χ2v) is 24.2. The van der Waals surface area contributed by atoms with E-state index in [1.54, 1.807) is 0 Å². The molecule has 0 N–H and O–H groups in total. The van der Waals surface area contributed by atoms with Gasteiger partial charge in [-0.2, -0.15) is 0 Å². The summed E-state index contributed by atoms with van der Waals surface area (Å²) in [6.07, 6.45) is 4.63. The molecule has 0 unspecified atom stereocenters. The van der Waals surface area contributed by atoms with Crippen LogP contribution in [-0.2, 0) is 32.5 Å². The van der Waals surface area contributed by atoms with E-state index in [0.29, 0.717) is 0 Å². The van der Waals surface area contributed by atoms with Gasteiger partial charge in [0.2, 0.25) is 0 Å². The second kappa shape index (κ2) is 15.0. The smallest absolute Gasteiger partial charge is 0.0714 e. The topological polar surface area (TPSA) is 3.24 Å². The Morgan fingerprint density at radius 2 is 0.855 bits per heavy atom. The summed E-state index contributed by atoms with van der Waals surface area (Å²) in [6, 6.07) is 68.4. The summed E-state index contributed by atoms with van der Waals surface area (Å²) >= 11 is 0. The summed E-state index contributed by atoms with van der Waals surface area (Å²) in [5.41, 5.74) is 24.8. The van der Waals surface area contributed by atoms with Crippen LogP contribution < -0.4 is 4.90 Å². The Bertz CT molecular complexity index is 3320. The van der Waals surface area contributed by atoms with Crippen LogP contribution in [0.15, 0.2) is 176 Å². The van der Waals surface area contributed by atoms with E-state index < -0.39 is 5.41 Å². The first-order valence-corrected chi connectivity index (χ1v) is 25.7. The summed E-state index contributed by atoms with van der Waals surface area (Å²) in [6.45, 7) is 24.6. The highest BCUT2D eigenvalue weighted by Crippen LogP contribution is 2.61. The van der Waals surface area contributed by atoms with Gasteiger partial charge in [0.15, 0.2) is 0 Å². The summed E-state index contributed by atoms with van der Waals surface area (Å²) in [7, 11) is 0. The Hall–Kier alpha value is -6.44. The van der Waals surface area contributed by atoms with Gasteiger partial charge in [0.1, 0.15) is 0 Å². The lowest BCUT2D eigenvalue weighted by Crippen LogP contribution is -2.35. The Kier molecular flexibility index (Phi) is 9.54. The van der Waals surface area contributed by atoms with Crippen molar-refractivity contribution in [3.05, 3.63) is 232 Å². The van der Waals surface area contributed by atoms with Crippen molar-refractivity contribution in [2.75, 3.05) is 4.90 Å². The average Bonchev–Trinajstić information content (AvgIpc) is 3.77. The van der Waals surface area contributed by atoms with Crippen LogP contribution in [0, 0.1) is 0 Å². The fourth-order valence-corrected chi connectivity index (χ4v) is 13.8. The van der Waals surface area contributed by atoms with E-state index in [2.05, 4.69) is 250 Å². The molecule has 0 bridgehead atoms. The van der Waals surface area contributed by atoms with Crippen molar-refractivity contribution in [1.82, 2.24) is 0 Å². The molecule has 12 rings (SSSR count). The molecule has 0 saturated heterocycles. The summed E-state index contributed by atoms with van der Waals surface area (Å²) in [5, 5.41) is 0. The Labute approximate surface area is 412 Å². The van der Waals surface area contributed by atoms with E-state index in [0.717, 1.165) is 19.3 Å². The van der Waals surface area contributed by atoms with Gasteiger partial charge in [-0.3, -0.25) is 0 Å². The fraction of sp³-hybridized carbons (Fsp3) is 0.294. The molecule has 69 heavy (non-hydrogen) atoms. The zero-order chi connectivity index (χ0) is 47.9. The van der Waals surface area contributed by atoms with Gasteiger partial charge >= 0.3 is 0 Å². The van der Waals surface area contributed by atoms with Crippen LogP contribution in [0.25, 0.3) is 33.4 Å². The molecule has 0 atom stereocenters. The highest BCUT2D eigenvalue weighted by molar-refractivity contribution is 5.98. The van der Waals surface area contributed by atoms with Crippen LogP contribution in [0.4, 0.5) is 17.1 Å². The van der Waals surface area contributed by atoms with Gasteiger partial charge in [0.25, 0.3) is 0 Å². The highest BCUT2D eigenvalue weighted by Gasteiger charge is 2.48. The normalized spacial score (nSPS) is 18.8. The Morgan fingerprint density at radius 1 is 0.319 bits per heavy atom. The molecule has 0 aliphatic heterocycles. The average molecular weight is 898 g/mol.